The summed E-state index contributed by atoms with van der Waals surface area (Å²) in [6.07, 6.45) is 11.4. The fourth-order valence-electron chi connectivity index (χ4n) is 5.30. The van der Waals surface area contributed by atoms with Crippen LogP contribution in [0.5, 0.6) is 0 Å². The van der Waals surface area contributed by atoms with Crippen molar-refractivity contribution in [1.29, 1.82) is 0 Å². The maximum atomic E-state index is 15.8. The predicted octanol–water partition coefficient (Wildman–Crippen LogP) is 6.52. The summed E-state index contributed by atoms with van der Waals surface area (Å²) in [7, 11) is 0. The Balaban J connectivity index is 1.76. The van der Waals surface area contributed by atoms with Crippen molar-refractivity contribution in [3.05, 3.63) is 98.7 Å². The molecule has 3 aliphatic rings. The van der Waals surface area contributed by atoms with Crippen LogP contribution in [0, 0.1) is 17.5 Å². The van der Waals surface area contributed by atoms with Gasteiger partial charge in [0, 0.05) is 59.8 Å². The first kappa shape index (κ1) is 25.4. The molecule has 0 radical (unpaired) electrons. The monoisotopic (exact) mass is 520 g/mol. The van der Waals surface area contributed by atoms with Crippen LogP contribution in [0.15, 0.2) is 59.3 Å². The molecule has 2 aliphatic heterocycles. The standard InChI is InChI=1S/C28H24F3N5O2/c29-24-23(28(37)38)22(25(30)27(26(24)31)33-34-32)21(17-5-9-19(10-6-17)35-13-1-2-14-35)18-7-11-20(12-8-18)36-15-3-4-16-36/h5-12H,1-4,13-16H2/p+1. The number of azide groups is 1. The maximum Gasteiger partial charge on any atom is 0.339 e. The van der Waals surface area contributed by atoms with E-state index in [4.69, 9.17) is 5.53 Å². The van der Waals surface area contributed by atoms with Gasteiger partial charge in [-0.2, -0.15) is 0 Å². The minimum atomic E-state index is -1.85. The zero-order valence-electron chi connectivity index (χ0n) is 20.5. The van der Waals surface area contributed by atoms with Crippen molar-refractivity contribution >= 4 is 28.6 Å². The summed E-state index contributed by atoms with van der Waals surface area (Å²) in [6.45, 7) is 3.63. The molecular weight excluding hydrogens is 495 g/mol. The van der Waals surface area contributed by atoms with Crippen LogP contribution in [0.2, 0.25) is 0 Å². The van der Waals surface area contributed by atoms with Crippen molar-refractivity contribution < 1.29 is 27.6 Å². The topological polar surface area (TPSA) is 92.3 Å². The van der Waals surface area contributed by atoms with Crippen molar-refractivity contribution in [3.63, 3.8) is 0 Å². The predicted molar refractivity (Wildman–Crippen MR) is 139 cm³/mol. The van der Waals surface area contributed by atoms with Gasteiger partial charge in [-0.05, 0) is 53.8 Å². The van der Waals surface area contributed by atoms with E-state index in [2.05, 4.69) is 19.5 Å². The van der Waals surface area contributed by atoms with Gasteiger partial charge in [0.2, 0.25) is 0 Å². The van der Waals surface area contributed by atoms with E-state index in [-0.39, 0.29) is 5.57 Å². The Morgan fingerprint density at radius 2 is 1.53 bits per heavy atom. The number of rotatable bonds is 5. The number of hydrogen-bond donors (Lipinski definition) is 1. The van der Waals surface area contributed by atoms with E-state index in [9.17, 15) is 14.3 Å². The summed E-state index contributed by atoms with van der Waals surface area (Å²) in [4.78, 5) is 16.8. The average molecular weight is 521 g/mol. The van der Waals surface area contributed by atoms with E-state index in [0.29, 0.717) is 11.1 Å². The van der Waals surface area contributed by atoms with Gasteiger partial charge in [-0.3, -0.25) is 0 Å². The molecule has 2 heterocycles. The maximum absolute atomic E-state index is 15.8. The van der Waals surface area contributed by atoms with Crippen LogP contribution in [0.3, 0.4) is 0 Å². The lowest BCUT2D eigenvalue weighted by atomic mass is 9.87. The van der Waals surface area contributed by atoms with Crippen LogP contribution in [0.25, 0.3) is 16.0 Å². The number of benzene rings is 2. The number of carboxylic acid groups (broad SMARTS) is 1. The number of anilines is 1. The molecule has 2 fully saturated rings. The molecule has 0 spiro atoms. The number of carboxylic acids is 1. The highest BCUT2D eigenvalue weighted by Gasteiger charge is 2.32. The number of nitrogens with zero attached hydrogens (tertiary/aromatic N) is 5. The molecule has 5 rings (SSSR count). The quantitative estimate of drug-likeness (QED) is 0.160. The molecule has 7 nitrogen and oxygen atoms in total. The second-order valence-corrected chi connectivity index (χ2v) is 9.39. The molecule has 38 heavy (non-hydrogen) atoms. The molecule has 0 saturated carbocycles. The fraction of sp³-hybridized carbons (Fsp3) is 0.286. The Labute approximate surface area is 217 Å². The van der Waals surface area contributed by atoms with Crippen LogP contribution in [-0.4, -0.2) is 47.5 Å². The molecule has 1 N–H and O–H groups in total. The Morgan fingerprint density at radius 1 is 0.895 bits per heavy atom. The Bertz CT molecular complexity index is 1450. The summed E-state index contributed by atoms with van der Waals surface area (Å²) in [6, 6.07) is 7.09. The van der Waals surface area contributed by atoms with Crippen LogP contribution in [0.1, 0.15) is 47.2 Å². The largest absolute Gasteiger partial charge is 0.478 e. The van der Waals surface area contributed by atoms with Crippen LogP contribution >= 0.6 is 0 Å². The number of aromatic carboxylic acids is 1. The highest BCUT2D eigenvalue weighted by atomic mass is 19.2. The second kappa shape index (κ2) is 10.6. The van der Waals surface area contributed by atoms with Gasteiger partial charge in [-0.25, -0.2) is 22.5 Å². The van der Waals surface area contributed by atoms with E-state index in [1.54, 1.807) is 24.3 Å². The summed E-state index contributed by atoms with van der Waals surface area (Å²) in [5.74, 6) is -6.94. The molecular formula is C28H25F3N5O2+. The van der Waals surface area contributed by atoms with Gasteiger partial charge in [0.25, 0.3) is 0 Å². The normalized spacial score (nSPS) is 16.8. The van der Waals surface area contributed by atoms with Crippen molar-refractivity contribution in [3.8, 4) is 0 Å². The smallest absolute Gasteiger partial charge is 0.339 e. The molecule has 0 unspecified atom stereocenters. The summed E-state index contributed by atoms with van der Waals surface area (Å²) >= 11 is 0. The minimum absolute atomic E-state index is 0.0501. The van der Waals surface area contributed by atoms with Gasteiger partial charge < -0.3 is 10.0 Å². The third-order valence-electron chi connectivity index (χ3n) is 7.16. The van der Waals surface area contributed by atoms with Crippen LogP contribution in [-0.2, 0) is 0 Å². The van der Waals surface area contributed by atoms with Crippen molar-refractivity contribution in [2.75, 3.05) is 31.1 Å². The van der Waals surface area contributed by atoms with Crippen molar-refractivity contribution in [2.45, 2.75) is 25.7 Å². The molecule has 0 aromatic heterocycles. The van der Waals surface area contributed by atoms with Crippen LogP contribution < -0.4 is 4.90 Å². The summed E-state index contributed by atoms with van der Waals surface area (Å²) < 4.78 is 47.7. The van der Waals surface area contributed by atoms with Gasteiger partial charge in [-0.1, -0.05) is 17.2 Å². The lowest BCUT2D eigenvalue weighted by Gasteiger charge is -2.21. The Kier molecular flexibility index (Phi) is 7.07. The summed E-state index contributed by atoms with van der Waals surface area (Å²) in [5, 5.41) is 12.8. The second-order valence-electron chi connectivity index (χ2n) is 9.39. The third kappa shape index (κ3) is 4.59. The van der Waals surface area contributed by atoms with Gasteiger partial charge in [0.05, 0.1) is 0 Å². The molecule has 10 heteroatoms. The minimum Gasteiger partial charge on any atom is -0.478 e. The Hall–Kier alpha value is -4.30. The molecule has 0 atom stereocenters. The van der Waals surface area contributed by atoms with Gasteiger partial charge in [0.1, 0.15) is 30.2 Å². The molecule has 0 bridgehead atoms. The third-order valence-corrected chi connectivity index (χ3v) is 7.16. The molecule has 1 aliphatic carbocycles. The highest BCUT2D eigenvalue weighted by molar-refractivity contribution is 6.05. The lowest BCUT2D eigenvalue weighted by molar-refractivity contribution is -0.504. The number of halogens is 3. The average Bonchev–Trinajstić information content (AvgIpc) is 3.65. The number of hydrogen-bond acceptors (Lipinski definition) is 3. The van der Waals surface area contributed by atoms with Crippen molar-refractivity contribution in [1.82, 2.24) is 0 Å². The lowest BCUT2D eigenvalue weighted by Crippen LogP contribution is -2.17. The molecule has 2 aromatic carbocycles. The SMILES string of the molecule is [N-]=[N+]=Nc1c(F)c(F)c(C(=O)O)c(C(=C2C=CC(=[N+]3CCCC3)C=C2)c2ccc(N3CCCC3)cc2)c1F. The molecule has 0 amide bonds. The molecule has 2 aromatic rings. The van der Waals surface area contributed by atoms with Crippen LogP contribution in [0.4, 0.5) is 24.5 Å². The summed E-state index contributed by atoms with van der Waals surface area (Å²) in [5.41, 5.74) is 8.54. The first-order valence-corrected chi connectivity index (χ1v) is 12.5. The van der Waals surface area contributed by atoms with Gasteiger partial charge in [0.15, 0.2) is 17.3 Å². The highest BCUT2D eigenvalue weighted by Crippen LogP contribution is 2.40. The van der Waals surface area contributed by atoms with E-state index in [0.717, 1.165) is 63.3 Å². The van der Waals surface area contributed by atoms with E-state index in [1.807, 2.05) is 24.3 Å². The van der Waals surface area contributed by atoms with Gasteiger partial charge in [-0.15, -0.1) is 0 Å². The zero-order valence-corrected chi connectivity index (χ0v) is 20.5. The number of carbonyl (C=O) groups is 1. The van der Waals surface area contributed by atoms with E-state index >= 15 is 8.78 Å². The first-order valence-electron chi connectivity index (χ1n) is 12.5. The van der Waals surface area contributed by atoms with E-state index < -0.39 is 40.2 Å². The molecule has 2 saturated heterocycles. The van der Waals surface area contributed by atoms with Gasteiger partial charge >= 0.3 is 5.97 Å². The number of allylic oxidation sites excluding steroid dienone is 5. The van der Waals surface area contributed by atoms with Crippen molar-refractivity contribution in [2.24, 2.45) is 5.11 Å². The Morgan fingerprint density at radius 3 is 2.11 bits per heavy atom. The van der Waals surface area contributed by atoms with E-state index in [1.165, 1.54) is 0 Å². The first-order chi connectivity index (χ1) is 18.4. The fourth-order valence-corrected chi connectivity index (χ4v) is 5.30. The molecule has 194 valence electrons. The zero-order chi connectivity index (χ0) is 26.8.